The predicted molar refractivity (Wildman–Crippen MR) is 437 cm³/mol. The first-order valence-corrected chi connectivity index (χ1v) is 48.0. The van der Waals surface area contributed by atoms with Crippen LogP contribution in [0.1, 0.15) is 465 Å². The summed E-state index contributed by atoms with van der Waals surface area (Å²) in [7, 11) is -9.93. The molecule has 0 saturated carbocycles. The van der Waals surface area contributed by atoms with Crippen molar-refractivity contribution in [2.75, 3.05) is 39.6 Å². The first kappa shape index (κ1) is 104. The fourth-order valence-electron chi connectivity index (χ4n) is 13.6. The van der Waals surface area contributed by atoms with E-state index in [-0.39, 0.29) is 25.7 Å². The number of aliphatic hydroxyl groups is 1. The largest absolute Gasteiger partial charge is 0.472 e. The number of aliphatic hydroxyl groups excluding tert-OH is 1. The van der Waals surface area contributed by atoms with Gasteiger partial charge in [0.05, 0.1) is 26.4 Å². The van der Waals surface area contributed by atoms with Crippen LogP contribution in [0.15, 0.2) is 0 Å². The van der Waals surface area contributed by atoms with E-state index in [0.29, 0.717) is 25.7 Å². The van der Waals surface area contributed by atoms with Gasteiger partial charge >= 0.3 is 39.5 Å². The Morgan fingerprint density at radius 2 is 0.434 bits per heavy atom. The molecule has 0 amide bonds. The highest BCUT2D eigenvalue weighted by molar-refractivity contribution is 7.47. The monoisotopic (exact) mass is 1550 g/mol. The van der Waals surface area contributed by atoms with Crippen molar-refractivity contribution in [2.45, 2.75) is 484 Å². The Balaban J connectivity index is 5.27. The van der Waals surface area contributed by atoms with E-state index in [9.17, 15) is 43.2 Å². The Kier molecular flexibility index (Phi) is 76.9. The van der Waals surface area contributed by atoms with Crippen molar-refractivity contribution in [1.29, 1.82) is 0 Å². The van der Waals surface area contributed by atoms with Crippen molar-refractivity contribution in [3.8, 4) is 0 Å². The third-order valence-corrected chi connectivity index (χ3v) is 22.4. The fraction of sp³-hybridized carbons (Fsp3) is 0.954. The normalized spacial score (nSPS) is 13.8. The van der Waals surface area contributed by atoms with Gasteiger partial charge in [-0.05, 0) is 37.5 Å². The van der Waals surface area contributed by atoms with Crippen LogP contribution in [-0.4, -0.2) is 96.7 Å². The molecule has 5 atom stereocenters. The van der Waals surface area contributed by atoms with E-state index in [4.69, 9.17) is 37.0 Å². The summed E-state index contributed by atoms with van der Waals surface area (Å²) in [5, 5.41) is 10.7. The van der Waals surface area contributed by atoms with Crippen molar-refractivity contribution in [2.24, 2.45) is 11.8 Å². The molecule has 0 fully saturated rings. The van der Waals surface area contributed by atoms with Crippen LogP contribution in [0.3, 0.4) is 0 Å². The molecule has 19 heteroatoms. The lowest BCUT2D eigenvalue weighted by atomic mass is 10.0. The van der Waals surface area contributed by atoms with Gasteiger partial charge in [0.2, 0.25) is 0 Å². The topological polar surface area (TPSA) is 237 Å². The smallest absolute Gasteiger partial charge is 0.462 e. The maximum absolute atomic E-state index is 13.2. The zero-order valence-electron chi connectivity index (χ0n) is 69.7. The number of phosphoric ester groups is 2. The number of phosphoric acid groups is 2. The molecule has 0 rings (SSSR count). The summed E-state index contributed by atoms with van der Waals surface area (Å²) in [6.07, 6.45) is 70.6. The molecule has 0 aromatic heterocycles. The van der Waals surface area contributed by atoms with Gasteiger partial charge in [-0.15, -0.1) is 0 Å². The van der Waals surface area contributed by atoms with Crippen molar-refractivity contribution in [1.82, 2.24) is 0 Å². The van der Waals surface area contributed by atoms with Crippen molar-refractivity contribution >= 4 is 39.5 Å². The number of hydrogen-bond donors (Lipinski definition) is 3. The molecule has 17 nitrogen and oxygen atoms in total. The molecule has 0 heterocycles. The lowest BCUT2D eigenvalue weighted by molar-refractivity contribution is -0.161. The zero-order chi connectivity index (χ0) is 77.8. The molecule has 630 valence electrons. The summed E-state index contributed by atoms with van der Waals surface area (Å²) in [6.45, 7) is 9.74. The minimum absolute atomic E-state index is 0.108. The van der Waals surface area contributed by atoms with Crippen molar-refractivity contribution < 1.29 is 80.2 Å². The van der Waals surface area contributed by atoms with Gasteiger partial charge in [0, 0.05) is 25.7 Å². The minimum atomic E-state index is -4.97. The van der Waals surface area contributed by atoms with Gasteiger partial charge in [-0.25, -0.2) is 9.13 Å². The highest BCUT2D eigenvalue weighted by Gasteiger charge is 2.30. The third-order valence-electron chi connectivity index (χ3n) is 20.5. The third kappa shape index (κ3) is 80.1. The Morgan fingerprint density at radius 1 is 0.255 bits per heavy atom. The van der Waals surface area contributed by atoms with Gasteiger partial charge in [-0.2, -0.15) is 0 Å². The van der Waals surface area contributed by atoms with Crippen LogP contribution >= 0.6 is 15.6 Å². The summed E-state index contributed by atoms with van der Waals surface area (Å²) in [6, 6.07) is 0. The van der Waals surface area contributed by atoms with E-state index in [1.54, 1.807) is 0 Å². The molecule has 0 aliphatic rings. The van der Waals surface area contributed by atoms with E-state index in [0.717, 1.165) is 102 Å². The minimum Gasteiger partial charge on any atom is -0.462 e. The highest BCUT2D eigenvalue weighted by atomic mass is 31.2. The summed E-state index contributed by atoms with van der Waals surface area (Å²) in [4.78, 5) is 73.3. The Hall–Kier alpha value is -1.94. The Labute approximate surface area is 651 Å². The molecule has 0 spiro atoms. The molecule has 0 saturated heterocycles. The highest BCUT2D eigenvalue weighted by Crippen LogP contribution is 2.45. The van der Waals surface area contributed by atoms with E-state index < -0.39 is 97.5 Å². The number of esters is 4. The van der Waals surface area contributed by atoms with Gasteiger partial charge in [0.25, 0.3) is 0 Å². The van der Waals surface area contributed by atoms with Crippen LogP contribution in [0.2, 0.25) is 0 Å². The molecule has 2 unspecified atom stereocenters. The molecule has 0 aromatic carbocycles. The first-order valence-electron chi connectivity index (χ1n) is 45.0. The predicted octanol–water partition coefficient (Wildman–Crippen LogP) is 26.6. The molecular formula is C87H170O17P2. The fourth-order valence-corrected chi connectivity index (χ4v) is 15.2. The van der Waals surface area contributed by atoms with Crippen LogP contribution in [0.25, 0.3) is 0 Å². The Bertz CT molecular complexity index is 2030. The van der Waals surface area contributed by atoms with Gasteiger partial charge in [0.1, 0.15) is 19.3 Å². The number of rotatable bonds is 86. The van der Waals surface area contributed by atoms with Crippen molar-refractivity contribution in [3.05, 3.63) is 0 Å². The second kappa shape index (κ2) is 78.3. The van der Waals surface area contributed by atoms with E-state index in [2.05, 4.69) is 41.5 Å². The molecule has 0 bridgehead atoms. The number of carbonyl (C=O) groups is 4. The standard InChI is InChI=1S/C87H170O17P2/c1-7-9-11-13-15-17-19-21-22-23-28-35-41-47-53-59-65-71-86(91)103-82(75-97-84(89)69-63-57-51-45-39-31-20-18-16-14-12-10-8-2)77-101-105(93,94)99-73-81(88)74-100-106(95,96)102-78-83(104-87(92)72-66-60-54-48-42-36-30-25-27-33-38-44-50-56-62-68-80(5)6)76-98-85(90)70-64-58-52-46-40-34-29-24-26-32-37-43-49-55-61-67-79(3)4/h79-83,88H,7-78H2,1-6H3,(H,93,94)(H,95,96)/t81-,82+,83+/m0/s1. The van der Waals surface area contributed by atoms with Crippen LogP contribution in [0.5, 0.6) is 0 Å². The average Bonchev–Trinajstić information content (AvgIpc) is 0.899. The van der Waals surface area contributed by atoms with Gasteiger partial charge in [-0.1, -0.05) is 414 Å². The molecule has 0 aliphatic carbocycles. The quantitative estimate of drug-likeness (QED) is 0.0222. The number of hydrogen-bond acceptors (Lipinski definition) is 15. The summed E-state index contributed by atoms with van der Waals surface area (Å²) in [5.41, 5.74) is 0. The van der Waals surface area contributed by atoms with Gasteiger partial charge in [0.15, 0.2) is 12.2 Å². The lowest BCUT2D eigenvalue weighted by Crippen LogP contribution is -2.30. The number of ether oxygens (including phenoxy) is 4. The summed E-state index contributed by atoms with van der Waals surface area (Å²) >= 11 is 0. The Morgan fingerprint density at radius 3 is 0.642 bits per heavy atom. The molecule has 3 N–H and O–H groups in total. The van der Waals surface area contributed by atoms with Crippen molar-refractivity contribution in [3.63, 3.8) is 0 Å². The maximum Gasteiger partial charge on any atom is 0.472 e. The van der Waals surface area contributed by atoms with Crippen LogP contribution in [0.4, 0.5) is 0 Å². The SMILES string of the molecule is CCCCCCCCCCCCCCCCCCCC(=O)O[C@H](COC(=O)CCCCCCCCCCCCCCC)COP(=O)(O)OC[C@H](O)COP(=O)(O)OC[C@@H](COC(=O)CCCCCCCCCCCCCCCCCC(C)C)OC(=O)CCCCCCCCCCCCCCCCCC(C)C. The number of unbranched alkanes of at least 4 members (excludes halogenated alkanes) is 56. The maximum atomic E-state index is 13.2. The van der Waals surface area contributed by atoms with Gasteiger partial charge in [-0.3, -0.25) is 37.3 Å². The average molecular weight is 1550 g/mol. The second-order valence-electron chi connectivity index (χ2n) is 32.2. The summed E-state index contributed by atoms with van der Waals surface area (Å²) in [5.74, 6) is -0.488. The molecular weight excluding hydrogens is 1380 g/mol. The molecule has 0 aliphatic heterocycles. The summed E-state index contributed by atoms with van der Waals surface area (Å²) < 4.78 is 69.0. The molecule has 106 heavy (non-hydrogen) atoms. The molecule has 0 radical (unpaired) electrons. The van der Waals surface area contributed by atoms with Crippen LogP contribution in [0, 0.1) is 11.8 Å². The zero-order valence-corrected chi connectivity index (χ0v) is 71.5. The second-order valence-corrected chi connectivity index (χ2v) is 35.1. The van der Waals surface area contributed by atoms with Crippen LogP contribution in [-0.2, 0) is 65.4 Å². The van der Waals surface area contributed by atoms with Crippen LogP contribution < -0.4 is 0 Å². The van der Waals surface area contributed by atoms with Gasteiger partial charge < -0.3 is 33.8 Å². The first-order chi connectivity index (χ1) is 51.4. The lowest BCUT2D eigenvalue weighted by Gasteiger charge is -2.21. The van der Waals surface area contributed by atoms with E-state index >= 15 is 0 Å². The molecule has 0 aromatic rings. The number of carbonyl (C=O) groups excluding carboxylic acids is 4. The van der Waals surface area contributed by atoms with E-state index in [1.807, 2.05) is 0 Å². The van der Waals surface area contributed by atoms with E-state index in [1.165, 1.54) is 283 Å².